The standard InChI is InChI=1S/C14H16N4O2S2/c19-13(16-10-7-18-5-3-9(10)4-6-18)11-1-2-12(21-11)22-14-17-15-8-20-14/h1-2,8-10H,3-7H2,(H,16,19). The van der Waals surface area contributed by atoms with Crippen molar-refractivity contribution in [2.75, 3.05) is 19.6 Å². The van der Waals surface area contributed by atoms with Crippen LogP contribution in [0.2, 0.25) is 0 Å². The molecule has 2 aromatic heterocycles. The van der Waals surface area contributed by atoms with Crippen LogP contribution in [0.5, 0.6) is 0 Å². The minimum atomic E-state index is 0.0288. The summed E-state index contributed by atoms with van der Waals surface area (Å²) in [5.74, 6) is 0.669. The van der Waals surface area contributed by atoms with E-state index in [2.05, 4.69) is 20.4 Å². The Labute approximate surface area is 136 Å². The first kappa shape index (κ1) is 14.2. The number of rotatable bonds is 4. The van der Waals surface area contributed by atoms with Gasteiger partial charge in [0.15, 0.2) is 0 Å². The highest BCUT2D eigenvalue weighted by Crippen LogP contribution is 2.32. The fourth-order valence-corrected chi connectivity index (χ4v) is 4.94. The van der Waals surface area contributed by atoms with Gasteiger partial charge >= 0.3 is 0 Å². The monoisotopic (exact) mass is 336 g/mol. The summed E-state index contributed by atoms with van der Waals surface area (Å²) in [5, 5.41) is 11.2. The van der Waals surface area contributed by atoms with Crippen molar-refractivity contribution in [1.29, 1.82) is 0 Å². The van der Waals surface area contributed by atoms with Gasteiger partial charge in [0, 0.05) is 12.6 Å². The van der Waals surface area contributed by atoms with E-state index in [4.69, 9.17) is 4.42 Å². The molecule has 3 aliphatic rings. The fourth-order valence-electron chi connectivity index (χ4n) is 3.16. The minimum Gasteiger partial charge on any atom is -0.419 e. The molecule has 22 heavy (non-hydrogen) atoms. The van der Waals surface area contributed by atoms with Crippen LogP contribution in [-0.4, -0.2) is 46.7 Å². The predicted molar refractivity (Wildman–Crippen MR) is 83.2 cm³/mol. The van der Waals surface area contributed by atoms with Crippen molar-refractivity contribution in [2.45, 2.75) is 28.3 Å². The summed E-state index contributed by atoms with van der Waals surface area (Å²) >= 11 is 2.84. The second-order valence-corrected chi connectivity index (χ2v) is 7.98. The Kier molecular flexibility index (Phi) is 3.89. The van der Waals surface area contributed by atoms with Gasteiger partial charge in [-0.05, 0) is 55.7 Å². The Morgan fingerprint density at radius 1 is 1.41 bits per heavy atom. The van der Waals surface area contributed by atoms with Gasteiger partial charge in [-0.15, -0.1) is 21.5 Å². The van der Waals surface area contributed by atoms with E-state index in [1.54, 1.807) is 0 Å². The third-order valence-corrected chi connectivity index (χ3v) is 6.37. The number of nitrogens with zero attached hydrogens (tertiary/aromatic N) is 3. The summed E-state index contributed by atoms with van der Waals surface area (Å²) in [6.07, 6.45) is 3.71. The number of carbonyl (C=O) groups excluding carboxylic acids is 1. The molecule has 0 radical (unpaired) electrons. The van der Waals surface area contributed by atoms with Crippen LogP contribution in [0.1, 0.15) is 22.5 Å². The summed E-state index contributed by atoms with van der Waals surface area (Å²) in [6.45, 7) is 3.35. The van der Waals surface area contributed by atoms with E-state index in [0.717, 1.165) is 15.6 Å². The number of hydrogen-bond donors (Lipinski definition) is 1. The molecule has 5 heterocycles. The number of aromatic nitrogens is 2. The van der Waals surface area contributed by atoms with Gasteiger partial charge in [-0.1, -0.05) is 0 Å². The molecule has 2 bridgehead atoms. The van der Waals surface area contributed by atoms with Gasteiger partial charge in [-0.25, -0.2) is 0 Å². The molecule has 8 heteroatoms. The summed E-state index contributed by atoms with van der Waals surface area (Å²) in [5.41, 5.74) is 0. The van der Waals surface area contributed by atoms with E-state index in [0.29, 0.717) is 17.2 Å². The van der Waals surface area contributed by atoms with E-state index in [1.165, 1.54) is 55.4 Å². The van der Waals surface area contributed by atoms with E-state index in [1.807, 2.05) is 12.1 Å². The number of amides is 1. The van der Waals surface area contributed by atoms with Crippen LogP contribution in [0.3, 0.4) is 0 Å². The second kappa shape index (κ2) is 6.02. The Morgan fingerprint density at radius 2 is 2.27 bits per heavy atom. The molecular formula is C14H16N4O2S2. The zero-order valence-electron chi connectivity index (χ0n) is 11.9. The highest BCUT2D eigenvalue weighted by Gasteiger charge is 2.35. The molecule has 2 aromatic rings. The van der Waals surface area contributed by atoms with Crippen molar-refractivity contribution < 1.29 is 9.21 Å². The summed E-state index contributed by atoms with van der Waals surface area (Å²) < 4.78 is 6.08. The Morgan fingerprint density at radius 3 is 2.95 bits per heavy atom. The van der Waals surface area contributed by atoms with E-state index in [-0.39, 0.29) is 5.91 Å². The van der Waals surface area contributed by atoms with E-state index in [9.17, 15) is 4.79 Å². The Balaban J connectivity index is 1.39. The molecule has 1 N–H and O–H groups in total. The zero-order chi connectivity index (χ0) is 14.9. The van der Waals surface area contributed by atoms with Gasteiger partial charge in [-0.3, -0.25) is 4.79 Å². The lowest BCUT2D eigenvalue weighted by atomic mass is 9.84. The predicted octanol–water partition coefficient (Wildman–Crippen LogP) is 2.11. The van der Waals surface area contributed by atoms with E-state index < -0.39 is 0 Å². The molecule has 0 aromatic carbocycles. The molecule has 0 spiro atoms. The van der Waals surface area contributed by atoms with Gasteiger partial charge in [0.2, 0.25) is 6.39 Å². The van der Waals surface area contributed by atoms with Gasteiger partial charge in [0.25, 0.3) is 11.1 Å². The van der Waals surface area contributed by atoms with Gasteiger partial charge in [-0.2, -0.15) is 0 Å². The fraction of sp³-hybridized carbons (Fsp3) is 0.500. The van der Waals surface area contributed by atoms with Crippen molar-refractivity contribution in [3.63, 3.8) is 0 Å². The lowest BCUT2D eigenvalue weighted by Crippen LogP contribution is -2.57. The first-order valence-electron chi connectivity index (χ1n) is 7.35. The Hall–Kier alpha value is -1.38. The van der Waals surface area contributed by atoms with Crippen LogP contribution in [0.25, 0.3) is 0 Å². The minimum absolute atomic E-state index is 0.0288. The number of piperidine rings is 3. The molecule has 3 fully saturated rings. The molecule has 1 atom stereocenters. The molecule has 0 saturated carbocycles. The SMILES string of the molecule is O=C(NC1CN2CCC1CC2)c1ccc(Sc2nnco2)s1. The van der Waals surface area contributed by atoms with Crippen LogP contribution in [0, 0.1) is 5.92 Å². The van der Waals surface area contributed by atoms with Crippen LogP contribution in [0.15, 0.2) is 32.4 Å². The molecule has 1 unspecified atom stereocenters. The third-order valence-electron chi connectivity index (χ3n) is 4.31. The molecule has 3 aliphatic heterocycles. The molecule has 116 valence electrons. The first-order valence-corrected chi connectivity index (χ1v) is 8.98. The number of fused-ring (bicyclic) bond motifs is 3. The average Bonchev–Trinajstić information content (AvgIpc) is 3.21. The maximum atomic E-state index is 12.4. The third kappa shape index (κ3) is 2.90. The highest BCUT2D eigenvalue weighted by atomic mass is 32.2. The van der Waals surface area contributed by atoms with Crippen LogP contribution < -0.4 is 5.32 Å². The molecule has 6 nitrogen and oxygen atoms in total. The average molecular weight is 336 g/mol. The molecule has 3 saturated heterocycles. The van der Waals surface area contributed by atoms with Crippen molar-refractivity contribution in [2.24, 2.45) is 5.92 Å². The first-order chi connectivity index (χ1) is 10.8. The molecule has 1 amide bonds. The molecular weight excluding hydrogens is 320 g/mol. The normalized spacial score (nSPS) is 27.0. The number of thiophene rings is 1. The van der Waals surface area contributed by atoms with E-state index >= 15 is 0 Å². The smallest absolute Gasteiger partial charge is 0.282 e. The van der Waals surface area contributed by atoms with Crippen molar-refractivity contribution >= 4 is 29.0 Å². The largest absolute Gasteiger partial charge is 0.419 e. The quantitative estimate of drug-likeness (QED) is 0.922. The van der Waals surface area contributed by atoms with Crippen molar-refractivity contribution in [3.05, 3.63) is 23.4 Å². The zero-order valence-corrected chi connectivity index (χ0v) is 13.5. The number of carbonyl (C=O) groups is 1. The number of hydrogen-bond acceptors (Lipinski definition) is 7. The maximum Gasteiger partial charge on any atom is 0.282 e. The lowest BCUT2D eigenvalue weighted by Gasteiger charge is -2.44. The van der Waals surface area contributed by atoms with Gasteiger partial charge in [0.05, 0.1) is 9.09 Å². The van der Waals surface area contributed by atoms with Crippen molar-refractivity contribution in [1.82, 2.24) is 20.4 Å². The molecule has 5 rings (SSSR count). The van der Waals surface area contributed by atoms with Crippen LogP contribution >= 0.6 is 23.1 Å². The topological polar surface area (TPSA) is 71.3 Å². The molecule has 0 aliphatic carbocycles. The van der Waals surface area contributed by atoms with Crippen LogP contribution in [0.4, 0.5) is 0 Å². The summed E-state index contributed by atoms with van der Waals surface area (Å²) in [7, 11) is 0. The van der Waals surface area contributed by atoms with Gasteiger partial charge in [0.1, 0.15) is 0 Å². The second-order valence-electron chi connectivity index (χ2n) is 5.64. The highest BCUT2D eigenvalue weighted by molar-refractivity contribution is 8.01. The maximum absolute atomic E-state index is 12.4. The summed E-state index contributed by atoms with van der Waals surface area (Å²) in [6, 6.07) is 4.08. The number of nitrogens with one attached hydrogen (secondary N) is 1. The van der Waals surface area contributed by atoms with Crippen LogP contribution in [-0.2, 0) is 0 Å². The van der Waals surface area contributed by atoms with Gasteiger partial charge < -0.3 is 14.6 Å². The Bertz CT molecular complexity index is 650. The van der Waals surface area contributed by atoms with Crippen molar-refractivity contribution in [3.8, 4) is 0 Å². The lowest BCUT2D eigenvalue weighted by molar-refractivity contribution is 0.0622. The summed E-state index contributed by atoms with van der Waals surface area (Å²) in [4.78, 5) is 15.6.